The van der Waals surface area contributed by atoms with Crippen molar-refractivity contribution in [2.45, 2.75) is 37.8 Å². The molecule has 226 valence electrons. The minimum atomic E-state index is -1.17. The SMILES string of the molecule is CN(C)C(=O)C(Cc1ccc(C(=N)N)cc1)C(=O)NC(Cc1ccc(N)cc1)C(=O)N[C@@H](CCCNC(=N)N)C(N)=O. The molecule has 0 fully saturated rings. The van der Waals surface area contributed by atoms with Crippen LogP contribution in [0.3, 0.4) is 0 Å². The molecule has 2 aromatic carbocycles. The van der Waals surface area contributed by atoms with Gasteiger partial charge in [-0.3, -0.25) is 30.0 Å². The summed E-state index contributed by atoms with van der Waals surface area (Å²) in [5.41, 5.74) is 24.5. The van der Waals surface area contributed by atoms with E-state index in [1.165, 1.54) is 19.0 Å². The normalized spacial score (nSPS) is 12.7. The number of amidine groups is 1. The second-order valence-electron chi connectivity index (χ2n) is 10.1. The molecule has 0 saturated carbocycles. The van der Waals surface area contributed by atoms with Crippen molar-refractivity contribution in [3.05, 3.63) is 65.2 Å². The first-order chi connectivity index (χ1) is 19.8. The second kappa shape index (κ2) is 15.6. The number of amides is 4. The zero-order valence-electron chi connectivity index (χ0n) is 23.8. The van der Waals surface area contributed by atoms with Gasteiger partial charge in [-0.25, -0.2) is 0 Å². The molecule has 0 heterocycles. The molecule has 0 spiro atoms. The summed E-state index contributed by atoms with van der Waals surface area (Å²) in [6, 6.07) is 11.1. The minimum absolute atomic E-state index is 0.0320. The van der Waals surface area contributed by atoms with E-state index in [1.807, 2.05) is 0 Å². The lowest BCUT2D eigenvalue weighted by Gasteiger charge is -2.25. The van der Waals surface area contributed by atoms with E-state index in [9.17, 15) is 19.2 Å². The van der Waals surface area contributed by atoms with Crippen LogP contribution in [0.2, 0.25) is 0 Å². The number of nitrogens with zero attached hydrogens (tertiary/aromatic N) is 1. The lowest BCUT2D eigenvalue weighted by atomic mass is 9.95. The lowest BCUT2D eigenvalue weighted by molar-refractivity contribution is -0.142. The fraction of sp³-hybridized carbons (Fsp3) is 0.357. The van der Waals surface area contributed by atoms with Crippen LogP contribution in [0.15, 0.2) is 48.5 Å². The molecule has 14 nitrogen and oxygen atoms in total. The average molecular weight is 581 g/mol. The number of hydrogen-bond donors (Lipinski definition) is 9. The first kappa shape index (κ1) is 33.1. The van der Waals surface area contributed by atoms with Crippen LogP contribution >= 0.6 is 0 Å². The van der Waals surface area contributed by atoms with Crippen molar-refractivity contribution in [3.8, 4) is 0 Å². The number of benzene rings is 2. The minimum Gasteiger partial charge on any atom is -0.399 e. The number of primary amides is 1. The highest BCUT2D eigenvalue weighted by Crippen LogP contribution is 2.15. The summed E-state index contributed by atoms with van der Waals surface area (Å²) in [6.45, 7) is 0.294. The van der Waals surface area contributed by atoms with Gasteiger partial charge in [0.1, 0.15) is 23.8 Å². The zero-order chi connectivity index (χ0) is 31.4. The molecule has 0 aromatic heterocycles. The summed E-state index contributed by atoms with van der Waals surface area (Å²) in [5, 5.41) is 22.7. The largest absolute Gasteiger partial charge is 0.399 e. The third kappa shape index (κ3) is 10.4. The van der Waals surface area contributed by atoms with Crippen molar-refractivity contribution >= 4 is 41.1 Å². The molecule has 13 N–H and O–H groups in total. The van der Waals surface area contributed by atoms with Crippen molar-refractivity contribution in [1.82, 2.24) is 20.9 Å². The maximum atomic E-state index is 13.6. The number of carbonyl (C=O) groups excluding carboxylic acids is 4. The first-order valence-electron chi connectivity index (χ1n) is 13.2. The summed E-state index contributed by atoms with van der Waals surface area (Å²) < 4.78 is 0. The number of anilines is 1. The Balaban J connectivity index is 2.30. The summed E-state index contributed by atoms with van der Waals surface area (Å²) in [7, 11) is 3.05. The van der Waals surface area contributed by atoms with E-state index in [2.05, 4.69) is 16.0 Å². The maximum Gasteiger partial charge on any atom is 0.243 e. The fourth-order valence-corrected chi connectivity index (χ4v) is 4.12. The van der Waals surface area contributed by atoms with Gasteiger partial charge in [-0.2, -0.15) is 0 Å². The van der Waals surface area contributed by atoms with Crippen molar-refractivity contribution < 1.29 is 19.2 Å². The topological polar surface area (TPSA) is 259 Å². The van der Waals surface area contributed by atoms with Crippen molar-refractivity contribution in [1.29, 1.82) is 10.8 Å². The van der Waals surface area contributed by atoms with E-state index in [0.29, 0.717) is 35.3 Å². The van der Waals surface area contributed by atoms with E-state index in [4.69, 9.17) is 33.8 Å². The van der Waals surface area contributed by atoms with E-state index in [-0.39, 0.29) is 31.1 Å². The van der Waals surface area contributed by atoms with E-state index in [1.54, 1.807) is 48.5 Å². The quantitative estimate of drug-likeness (QED) is 0.0403. The monoisotopic (exact) mass is 580 g/mol. The van der Waals surface area contributed by atoms with Crippen LogP contribution in [0, 0.1) is 16.7 Å². The maximum absolute atomic E-state index is 13.6. The average Bonchev–Trinajstić information content (AvgIpc) is 2.93. The molecule has 0 bridgehead atoms. The summed E-state index contributed by atoms with van der Waals surface area (Å²) in [5.74, 6) is -4.08. The molecule has 2 rings (SSSR count). The Hall–Kier alpha value is -5.14. The summed E-state index contributed by atoms with van der Waals surface area (Å²) in [4.78, 5) is 53.5. The Kier molecular flexibility index (Phi) is 12.3. The van der Waals surface area contributed by atoms with Crippen LogP contribution in [0.5, 0.6) is 0 Å². The lowest BCUT2D eigenvalue weighted by Crippen LogP contribution is -2.55. The predicted molar refractivity (Wildman–Crippen MR) is 160 cm³/mol. The van der Waals surface area contributed by atoms with Crippen LogP contribution in [-0.4, -0.2) is 73.0 Å². The van der Waals surface area contributed by atoms with Gasteiger partial charge in [-0.05, 0) is 42.5 Å². The van der Waals surface area contributed by atoms with Gasteiger partial charge in [0, 0.05) is 38.3 Å². The number of guanidine groups is 1. The molecule has 3 atom stereocenters. The third-order valence-corrected chi connectivity index (χ3v) is 6.46. The highest BCUT2D eigenvalue weighted by Gasteiger charge is 2.33. The number of rotatable bonds is 15. The molecule has 2 unspecified atom stereocenters. The van der Waals surface area contributed by atoms with Gasteiger partial charge in [0.05, 0.1) is 0 Å². The standard InChI is InChI=1S/C28H40N10O4/c1-38(2)27(42)20(14-16-5-9-18(10-6-16)23(30)31)25(40)37-22(15-17-7-11-19(29)12-8-17)26(41)36-21(24(32)39)4-3-13-35-28(33)34/h5-12,20-22H,3-4,13-15,29H2,1-2H3,(H3,30,31)(H2,32,39)(H,36,41)(H,37,40)(H4,33,34,35)/t20?,21-,22?/m0/s1. The molecule has 0 aliphatic heterocycles. The summed E-state index contributed by atoms with van der Waals surface area (Å²) in [6.07, 6.45) is 0.627. The predicted octanol–water partition coefficient (Wildman–Crippen LogP) is -1.24. The van der Waals surface area contributed by atoms with Crippen LogP contribution in [0.4, 0.5) is 5.69 Å². The van der Waals surface area contributed by atoms with Gasteiger partial charge in [0.25, 0.3) is 0 Å². The van der Waals surface area contributed by atoms with Gasteiger partial charge in [0.15, 0.2) is 5.96 Å². The molecular weight excluding hydrogens is 540 g/mol. The van der Waals surface area contributed by atoms with Crippen LogP contribution in [0.25, 0.3) is 0 Å². The molecule has 42 heavy (non-hydrogen) atoms. The van der Waals surface area contributed by atoms with Gasteiger partial charge in [-0.15, -0.1) is 0 Å². The van der Waals surface area contributed by atoms with E-state index >= 15 is 0 Å². The summed E-state index contributed by atoms with van der Waals surface area (Å²) >= 11 is 0. The van der Waals surface area contributed by atoms with E-state index < -0.39 is 41.6 Å². The molecule has 14 heteroatoms. The Morgan fingerprint density at radius 2 is 1.36 bits per heavy atom. The Bertz CT molecular complexity index is 1280. The highest BCUT2D eigenvalue weighted by atomic mass is 16.2. The Morgan fingerprint density at radius 1 is 0.810 bits per heavy atom. The molecule has 0 aliphatic rings. The molecule has 0 radical (unpaired) electrons. The van der Waals surface area contributed by atoms with E-state index in [0.717, 1.165) is 0 Å². The van der Waals surface area contributed by atoms with Gasteiger partial charge >= 0.3 is 0 Å². The molecule has 4 amide bonds. The van der Waals surface area contributed by atoms with Crippen molar-refractivity contribution in [2.75, 3.05) is 26.4 Å². The number of nitrogens with two attached hydrogens (primary N) is 4. The van der Waals surface area contributed by atoms with Crippen molar-refractivity contribution in [2.24, 2.45) is 23.1 Å². The molecule has 0 aliphatic carbocycles. The Morgan fingerprint density at radius 3 is 1.88 bits per heavy atom. The molecule has 2 aromatic rings. The van der Waals surface area contributed by atoms with Gasteiger partial charge in [-0.1, -0.05) is 36.4 Å². The molecule has 0 saturated heterocycles. The van der Waals surface area contributed by atoms with Gasteiger partial charge < -0.3 is 43.8 Å². The van der Waals surface area contributed by atoms with Crippen LogP contribution in [0.1, 0.15) is 29.5 Å². The fourth-order valence-electron chi connectivity index (χ4n) is 4.12. The van der Waals surface area contributed by atoms with Crippen LogP contribution in [-0.2, 0) is 32.0 Å². The number of carbonyl (C=O) groups is 4. The number of nitrogens with one attached hydrogen (secondary N) is 5. The first-order valence-corrected chi connectivity index (χ1v) is 13.2. The number of nitrogen functional groups attached to an aromatic ring is 2. The smallest absolute Gasteiger partial charge is 0.243 e. The molecular formula is C28H40N10O4. The second-order valence-corrected chi connectivity index (χ2v) is 10.1. The third-order valence-electron chi connectivity index (χ3n) is 6.46. The zero-order valence-corrected chi connectivity index (χ0v) is 23.8. The highest BCUT2D eigenvalue weighted by molar-refractivity contribution is 6.02. The number of hydrogen-bond acceptors (Lipinski definition) is 7. The van der Waals surface area contributed by atoms with Crippen LogP contribution < -0.4 is 38.9 Å². The Labute approximate surface area is 244 Å². The van der Waals surface area contributed by atoms with Crippen molar-refractivity contribution in [3.63, 3.8) is 0 Å². The van der Waals surface area contributed by atoms with Gasteiger partial charge in [0.2, 0.25) is 23.6 Å².